The molecule has 0 spiro atoms. The molecule has 0 unspecified atom stereocenters. The molecule has 1 rings (SSSR count). The monoisotopic (exact) mass is 277 g/mol. The highest BCUT2D eigenvalue weighted by Crippen LogP contribution is 2.08. The Morgan fingerprint density at radius 3 is 1.85 bits per heavy atom. The van der Waals surface area contributed by atoms with Crippen molar-refractivity contribution >= 4 is 0 Å². The second kappa shape index (κ2) is 13.1. The van der Waals surface area contributed by atoms with Gasteiger partial charge < -0.3 is 11.1 Å². The first kappa shape index (κ1) is 17.2. The Morgan fingerprint density at radius 1 is 0.700 bits per heavy atom. The van der Waals surface area contributed by atoms with Crippen LogP contribution in [0.2, 0.25) is 0 Å². The van der Waals surface area contributed by atoms with Crippen molar-refractivity contribution in [2.45, 2.75) is 64.3 Å². The van der Waals surface area contributed by atoms with Gasteiger partial charge in [-0.1, -0.05) is 68.9 Å². The van der Waals surface area contributed by atoms with Crippen molar-refractivity contribution in [3.05, 3.63) is 35.9 Å². The Kier molecular flexibility index (Phi) is 11.3. The van der Waals surface area contributed by atoms with Crippen LogP contribution < -0.4 is 11.1 Å². The number of rotatable bonds is 13. The average molecular weight is 277 g/mol. The summed E-state index contributed by atoms with van der Waals surface area (Å²) in [6.45, 7) is 3.26. The van der Waals surface area contributed by atoms with Gasteiger partial charge in [0.2, 0.25) is 0 Å². The van der Waals surface area contributed by atoms with Gasteiger partial charge in [0.15, 0.2) is 0 Å². The Morgan fingerprint density at radius 2 is 1.25 bits per heavy atom. The molecular formula is C18H33N2+. The van der Waals surface area contributed by atoms with Gasteiger partial charge in [-0.25, -0.2) is 0 Å². The van der Waals surface area contributed by atoms with Crippen LogP contribution in [0, 0.1) is 0 Å². The van der Waals surface area contributed by atoms with Crippen LogP contribution in [0.3, 0.4) is 0 Å². The van der Waals surface area contributed by atoms with Crippen molar-refractivity contribution in [2.24, 2.45) is 5.73 Å². The smallest absolute Gasteiger partial charge is 0.101 e. The molecule has 0 fully saturated rings. The highest BCUT2D eigenvalue weighted by molar-refractivity contribution is 5.12. The van der Waals surface area contributed by atoms with E-state index in [0.717, 1.165) is 13.1 Å². The van der Waals surface area contributed by atoms with Gasteiger partial charge in [0.05, 0.1) is 6.54 Å². The molecule has 114 valence electrons. The quantitative estimate of drug-likeness (QED) is 0.534. The van der Waals surface area contributed by atoms with Gasteiger partial charge in [-0.2, -0.15) is 0 Å². The zero-order chi connectivity index (χ0) is 14.3. The molecule has 2 heteroatoms. The maximum atomic E-state index is 5.48. The third-order valence-corrected chi connectivity index (χ3v) is 3.84. The fourth-order valence-electron chi connectivity index (χ4n) is 2.55. The van der Waals surface area contributed by atoms with Gasteiger partial charge in [-0.3, -0.25) is 0 Å². The molecule has 0 amide bonds. The van der Waals surface area contributed by atoms with E-state index < -0.39 is 0 Å². The molecule has 2 nitrogen and oxygen atoms in total. The molecule has 0 saturated carbocycles. The minimum atomic E-state index is 0.861. The third-order valence-electron chi connectivity index (χ3n) is 3.84. The summed E-state index contributed by atoms with van der Waals surface area (Å²) in [6, 6.07) is 10.7. The van der Waals surface area contributed by atoms with Crippen LogP contribution in [0.15, 0.2) is 30.3 Å². The largest absolute Gasteiger partial charge is 0.343 e. The van der Waals surface area contributed by atoms with Crippen LogP contribution in [0.5, 0.6) is 0 Å². The lowest BCUT2D eigenvalue weighted by atomic mass is 10.1. The second-order valence-electron chi connectivity index (χ2n) is 5.74. The van der Waals surface area contributed by atoms with E-state index in [0.29, 0.717) is 0 Å². The molecule has 0 saturated heterocycles. The van der Waals surface area contributed by atoms with Crippen LogP contribution >= 0.6 is 0 Å². The Hall–Kier alpha value is -0.860. The Balaban J connectivity index is 1.77. The molecule has 0 heterocycles. The van der Waals surface area contributed by atoms with E-state index in [-0.39, 0.29) is 0 Å². The lowest BCUT2D eigenvalue weighted by Crippen LogP contribution is -2.82. The number of benzene rings is 1. The topological polar surface area (TPSA) is 42.6 Å². The summed E-state index contributed by atoms with van der Waals surface area (Å²) in [5.41, 5.74) is 6.92. The SMILES string of the molecule is NCCCCCCCCCCC[NH2+]Cc1ccccc1. The summed E-state index contributed by atoms with van der Waals surface area (Å²) in [4.78, 5) is 0. The molecule has 0 aliphatic carbocycles. The van der Waals surface area contributed by atoms with Crippen molar-refractivity contribution in [3.8, 4) is 0 Å². The molecule has 0 aromatic heterocycles. The summed E-state index contributed by atoms with van der Waals surface area (Å²) in [7, 11) is 0. The van der Waals surface area contributed by atoms with Crippen molar-refractivity contribution in [1.82, 2.24) is 0 Å². The maximum Gasteiger partial charge on any atom is 0.101 e. The van der Waals surface area contributed by atoms with Gasteiger partial charge >= 0.3 is 0 Å². The summed E-state index contributed by atoms with van der Waals surface area (Å²) < 4.78 is 0. The summed E-state index contributed by atoms with van der Waals surface area (Å²) >= 11 is 0. The van der Waals surface area contributed by atoms with Crippen molar-refractivity contribution in [3.63, 3.8) is 0 Å². The molecular weight excluding hydrogens is 244 g/mol. The predicted molar refractivity (Wildman–Crippen MR) is 87.5 cm³/mol. The van der Waals surface area contributed by atoms with Crippen molar-refractivity contribution < 1.29 is 5.32 Å². The van der Waals surface area contributed by atoms with E-state index in [4.69, 9.17) is 5.73 Å². The van der Waals surface area contributed by atoms with Crippen LogP contribution in [0.1, 0.15) is 63.4 Å². The van der Waals surface area contributed by atoms with Crippen molar-refractivity contribution in [2.75, 3.05) is 13.1 Å². The number of unbranched alkanes of at least 4 members (excludes halogenated alkanes) is 8. The average Bonchev–Trinajstić information content (AvgIpc) is 2.49. The molecule has 0 radical (unpaired) electrons. The number of hydrogen-bond donors (Lipinski definition) is 2. The Labute approximate surface area is 125 Å². The molecule has 0 atom stereocenters. The molecule has 1 aromatic carbocycles. The summed E-state index contributed by atoms with van der Waals surface area (Å²) in [6.07, 6.45) is 12.3. The molecule has 1 aromatic rings. The first-order valence-corrected chi connectivity index (χ1v) is 8.49. The third kappa shape index (κ3) is 9.99. The van der Waals surface area contributed by atoms with Gasteiger partial charge in [0.1, 0.15) is 6.54 Å². The molecule has 0 aliphatic heterocycles. The van der Waals surface area contributed by atoms with E-state index in [2.05, 4.69) is 35.6 Å². The standard InChI is InChI=1S/C18H32N2/c19-15-11-6-4-2-1-3-5-7-12-16-20-17-18-13-9-8-10-14-18/h8-10,13-14,20H,1-7,11-12,15-17,19H2/p+1. The number of hydrogen-bond acceptors (Lipinski definition) is 1. The molecule has 0 aliphatic rings. The zero-order valence-corrected chi connectivity index (χ0v) is 13.0. The minimum absolute atomic E-state index is 0.861. The highest BCUT2D eigenvalue weighted by Gasteiger charge is 1.95. The molecule has 4 N–H and O–H groups in total. The highest BCUT2D eigenvalue weighted by atomic mass is 14.8. The van der Waals surface area contributed by atoms with Crippen LogP contribution in [-0.2, 0) is 6.54 Å². The van der Waals surface area contributed by atoms with E-state index in [1.807, 2.05) is 0 Å². The Bertz CT molecular complexity index is 298. The summed E-state index contributed by atoms with van der Waals surface area (Å²) in [5, 5.41) is 2.43. The normalized spacial score (nSPS) is 10.8. The maximum absolute atomic E-state index is 5.48. The van der Waals surface area contributed by atoms with Gasteiger partial charge in [-0.15, -0.1) is 0 Å². The second-order valence-corrected chi connectivity index (χ2v) is 5.74. The van der Waals surface area contributed by atoms with Gasteiger partial charge in [0.25, 0.3) is 0 Å². The van der Waals surface area contributed by atoms with E-state index in [1.54, 1.807) is 0 Å². The summed E-state index contributed by atoms with van der Waals surface area (Å²) in [5.74, 6) is 0. The molecule has 0 bridgehead atoms. The van der Waals surface area contributed by atoms with E-state index >= 15 is 0 Å². The number of nitrogens with two attached hydrogens (primary N) is 2. The number of quaternary nitrogens is 1. The van der Waals surface area contributed by atoms with Crippen LogP contribution in [-0.4, -0.2) is 13.1 Å². The van der Waals surface area contributed by atoms with Crippen molar-refractivity contribution in [1.29, 1.82) is 0 Å². The van der Waals surface area contributed by atoms with Gasteiger partial charge in [-0.05, 0) is 25.8 Å². The first-order chi connectivity index (χ1) is 9.93. The lowest BCUT2D eigenvalue weighted by molar-refractivity contribution is -0.671. The van der Waals surface area contributed by atoms with E-state index in [9.17, 15) is 0 Å². The fourth-order valence-corrected chi connectivity index (χ4v) is 2.55. The fraction of sp³-hybridized carbons (Fsp3) is 0.667. The van der Waals surface area contributed by atoms with Gasteiger partial charge in [0, 0.05) is 5.56 Å². The van der Waals surface area contributed by atoms with Crippen LogP contribution in [0.4, 0.5) is 0 Å². The van der Waals surface area contributed by atoms with E-state index in [1.165, 1.54) is 69.9 Å². The molecule has 20 heavy (non-hydrogen) atoms. The zero-order valence-electron chi connectivity index (χ0n) is 13.0. The first-order valence-electron chi connectivity index (χ1n) is 8.49. The predicted octanol–water partition coefficient (Wildman–Crippen LogP) is 3.22. The lowest BCUT2D eigenvalue weighted by Gasteiger charge is -2.03. The van der Waals surface area contributed by atoms with Crippen LogP contribution in [0.25, 0.3) is 0 Å². The minimum Gasteiger partial charge on any atom is -0.343 e.